The number of hydrogen-bond donors (Lipinski definition) is 1. The summed E-state index contributed by atoms with van der Waals surface area (Å²) < 4.78 is 26.5. The van der Waals surface area contributed by atoms with Gasteiger partial charge in [-0.15, -0.1) is 0 Å². The minimum absolute atomic E-state index is 0.0369. The molecular weight excluding hydrogens is 294 g/mol. The molecule has 3 fully saturated rings. The molecule has 0 spiro atoms. The molecule has 0 aromatic heterocycles. The van der Waals surface area contributed by atoms with Crippen molar-refractivity contribution in [2.45, 2.75) is 50.0 Å². The molecule has 2 aliphatic carbocycles. The molecule has 1 N–H and O–H groups in total. The Morgan fingerprint density at radius 2 is 1.74 bits per heavy atom. The molecule has 126 valence electrons. The monoisotopic (exact) mass is 320 g/mol. The van der Waals surface area contributed by atoms with E-state index in [9.17, 15) is 8.78 Å². The Labute approximate surface area is 137 Å². The molecule has 0 bridgehead atoms. The zero-order chi connectivity index (χ0) is 15.9. The molecule has 0 radical (unpaired) electrons. The molecule has 1 unspecified atom stereocenters. The second-order valence-corrected chi connectivity index (χ2v) is 7.87. The van der Waals surface area contributed by atoms with Crippen LogP contribution in [0.15, 0.2) is 30.3 Å². The van der Waals surface area contributed by atoms with Crippen molar-refractivity contribution in [3.05, 3.63) is 35.9 Å². The summed E-state index contributed by atoms with van der Waals surface area (Å²) in [6.45, 7) is 3.17. The first kappa shape index (κ1) is 15.5. The molecule has 1 aromatic rings. The van der Waals surface area contributed by atoms with Gasteiger partial charge in [0.15, 0.2) is 0 Å². The number of piperidine rings is 1. The van der Waals surface area contributed by atoms with E-state index in [1.807, 2.05) is 0 Å². The minimum Gasteiger partial charge on any atom is -0.313 e. The third-order valence-electron chi connectivity index (χ3n) is 5.86. The van der Waals surface area contributed by atoms with Gasteiger partial charge in [-0.1, -0.05) is 30.3 Å². The summed E-state index contributed by atoms with van der Waals surface area (Å²) in [6.07, 6.45) is 3.80. The Morgan fingerprint density at radius 3 is 2.39 bits per heavy atom. The molecular formula is C19H26F2N2. The number of likely N-dealkylation sites (tertiary alicyclic amines) is 1. The van der Waals surface area contributed by atoms with Gasteiger partial charge >= 0.3 is 0 Å². The number of alkyl halides is 2. The zero-order valence-electron chi connectivity index (χ0n) is 13.6. The lowest BCUT2D eigenvalue weighted by molar-refractivity contribution is -0.0580. The van der Waals surface area contributed by atoms with Crippen molar-refractivity contribution in [2.75, 3.05) is 26.2 Å². The molecule has 2 atom stereocenters. The van der Waals surface area contributed by atoms with Crippen molar-refractivity contribution < 1.29 is 8.78 Å². The summed E-state index contributed by atoms with van der Waals surface area (Å²) in [5, 5.41) is 3.74. The Hall–Kier alpha value is -1.00. The summed E-state index contributed by atoms with van der Waals surface area (Å²) >= 11 is 0. The first-order valence-corrected chi connectivity index (χ1v) is 8.94. The van der Waals surface area contributed by atoms with Gasteiger partial charge in [-0.3, -0.25) is 0 Å². The summed E-state index contributed by atoms with van der Waals surface area (Å²) in [6, 6.07) is 11.3. The van der Waals surface area contributed by atoms with Crippen LogP contribution in [0.4, 0.5) is 8.78 Å². The second kappa shape index (κ2) is 5.82. The summed E-state index contributed by atoms with van der Waals surface area (Å²) in [7, 11) is 0. The van der Waals surface area contributed by atoms with Gasteiger partial charge < -0.3 is 10.2 Å². The predicted octanol–water partition coefficient (Wildman–Crippen LogP) is 3.64. The van der Waals surface area contributed by atoms with E-state index >= 15 is 0 Å². The SMILES string of the molecule is FC1(F)CCN(CC2(CN[C@H]3CC3c3ccccc3)CC2)CC1. The highest BCUT2D eigenvalue weighted by Crippen LogP contribution is 2.48. The van der Waals surface area contributed by atoms with E-state index in [0.717, 1.165) is 13.1 Å². The zero-order valence-corrected chi connectivity index (χ0v) is 13.6. The Kier molecular flexibility index (Phi) is 3.93. The average Bonchev–Trinajstić information content (AvgIpc) is 3.45. The fourth-order valence-electron chi connectivity index (χ4n) is 3.92. The van der Waals surface area contributed by atoms with Gasteiger partial charge in [-0.2, -0.15) is 0 Å². The molecule has 1 saturated heterocycles. The number of rotatable bonds is 6. The van der Waals surface area contributed by atoms with E-state index in [2.05, 4.69) is 40.5 Å². The minimum atomic E-state index is -2.43. The van der Waals surface area contributed by atoms with Crippen molar-refractivity contribution in [3.8, 4) is 0 Å². The Morgan fingerprint density at radius 1 is 1.04 bits per heavy atom. The first-order chi connectivity index (χ1) is 11.1. The molecule has 1 aliphatic heterocycles. The third-order valence-corrected chi connectivity index (χ3v) is 5.86. The molecule has 0 amide bonds. The third kappa shape index (κ3) is 3.74. The van der Waals surface area contributed by atoms with Gasteiger partial charge in [0.2, 0.25) is 0 Å². The fraction of sp³-hybridized carbons (Fsp3) is 0.684. The van der Waals surface area contributed by atoms with E-state index in [1.54, 1.807) is 0 Å². The molecule has 3 aliphatic rings. The van der Waals surface area contributed by atoms with Crippen LogP contribution in [0.5, 0.6) is 0 Å². The summed E-state index contributed by atoms with van der Waals surface area (Å²) in [4.78, 5) is 2.26. The van der Waals surface area contributed by atoms with Gasteiger partial charge in [0.25, 0.3) is 5.92 Å². The maximum atomic E-state index is 13.3. The highest BCUT2D eigenvalue weighted by molar-refractivity contribution is 5.27. The lowest BCUT2D eigenvalue weighted by Gasteiger charge is -2.34. The van der Waals surface area contributed by atoms with E-state index in [-0.39, 0.29) is 12.8 Å². The summed E-state index contributed by atoms with van der Waals surface area (Å²) in [5.74, 6) is -1.76. The van der Waals surface area contributed by atoms with Crippen molar-refractivity contribution >= 4 is 0 Å². The van der Waals surface area contributed by atoms with Gasteiger partial charge in [0.1, 0.15) is 0 Å². The van der Waals surface area contributed by atoms with Gasteiger partial charge in [-0.05, 0) is 30.2 Å². The van der Waals surface area contributed by atoms with Crippen LogP contribution in [-0.2, 0) is 0 Å². The molecule has 1 aromatic carbocycles. The van der Waals surface area contributed by atoms with Crippen LogP contribution in [0, 0.1) is 5.41 Å². The predicted molar refractivity (Wildman–Crippen MR) is 87.9 cm³/mol. The quantitative estimate of drug-likeness (QED) is 0.861. The number of nitrogens with one attached hydrogen (secondary N) is 1. The van der Waals surface area contributed by atoms with Crippen molar-refractivity contribution in [1.29, 1.82) is 0 Å². The van der Waals surface area contributed by atoms with E-state index in [1.165, 1.54) is 24.8 Å². The van der Waals surface area contributed by atoms with Crippen LogP contribution >= 0.6 is 0 Å². The molecule has 1 heterocycles. The van der Waals surface area contributed by atoms with E-state index in [4.69, 9.17) is 0 Å². The topological polar surface area (TPSA) is 15.3 Å². The van der Waals surface area contributed by atoms with Crippen LogP contribution in [-0.4, -0.2) is 43.0 Å². The number of nitrogens with zero attached hydrogens (tertiary/aromatic N) is 1. The van der Waals surface area contributed by atoms with E-state index < -0.39 is 5.92 Å². The second-order valence-electron chi connectivity index (χ2n) is 7.87. The number of halogens is 2. The number of benzene rings is 1. The molecule has 2 nitrogen and oxygen atoms in total. The van der Waals surface area contributed by atoms with Crippen molar-refractivity contribution in [1.82, 2.24) is 10.2 Å². The molecule has 2 saturated carbocycles. The summed E-state index contributed by atoms with van der Waals surface area (Å²) in [5.41, 5.74) is 1.80. The van der Waals surface area contributed by atoms with Crippen LogP contribution in [0.1, 0.15) is 43.6 Å². The smallest absolute Gasteiger partial charge is 0.250 e. The van der Waals surface area contributed by atoms with Crippen LogP contribution in [0.3, 0.4) is 0 Å². The normalized spacial score (nSPS) is 31.7. The first-order valence-electron chi connectivity index (χ1n) is 8.94. The highest BCUT2D eigenvalue weighted by Gasteiger charge is 2.47. The number of hydrogen-bond acceptors (Lipinski definition) is 2. The largest absolute Gasteiger partial charge is 0.313 e. The van der Waals surface area contributed by atoms with Crippen molar-refractivity contribution in [2.24, 2.45) is 5.41 Å². The molecule has 4 rings (SSSR count). The fourth-order valence-corrected chi connectivity index (χ4v) is 3.92. The van der Waals surface area contributed by atoms with Gasteiger partial charge in [0.05, 0.1) is 0 Å². The van der Waals surface area contributed by atoms with Crippen LogP contribution in [0.25, 0.3) is 0 Å². The standard InChI is InChI=1S/C19H26F2N2/c20-19(21)8-10-23(11-9-19)14-18(6-7-18)13-22-17-12-16(17)15-4-2-1-3-5-15/h1-5,16-17,22H,6-14H2/t16?,17-/m0/s1. The lowest BCUT2D eigenvalue weighted by atomic mass is 10.0. The maximum Gasteiger partial charge on any atom is 0.250 e. The maximum absolute atomic E-state index is 13.3. The van der Waals surface area contributed by atoms with Crippen LogP contribution in [0.2, 0.25) is 0 Å². The van der Waals surface area contributed by atoms with Gasteiger partial charge in [-0.25, -0.2) is 8.78 Å². The average molecular weight is 320 g/mol. The Bertz CT molecular complexity index is 532. The van der Waals surface area contributed by atoms with E-state index in [0.29, 0.717) is 30.5 Å². The Balaban J connectivity index is 1.23. The van der Waals surface area contributed by atoms with Gasteiger partial charge in [0, 0.05) is 51.0 Å². The lowest BCUT2D eigenvalue weighted by Crippen LogP contribution is -2.44. The molecule has 23 heavy (non-hydrogen) atoms. The highest BCUT2D eigenvalue weighted by atomic mass is 19.3. The van der Waals surface area contributed by atoms with Crippen molar-refractivity contribution in [3.63, 3.8) is 0 Å². The van der Waals surface area contributed by atoms with Crippen LogP contribution < -0.4 is 5.32 Å². The molecule has 4 heteroatoms.